The van der Waals surface area contributed by atoms with Crippen LogP contribution in [0.3, 0.4) is 0 Å². The van der Waals surface area contributed by atoms with E-state index in [4.69, 9.17) is 4.74 Å². The Morgan fingerprint density at radius 3 is 1.52 bits per heavy atom. The summed E-state index contributed by atoms with van der Waals surface area (Å²) in [6, 6.07) is 20.9. The number of para-hydroxylation sites is 2. The highest BCUT2D eigenvalue weighted by atomic mass is 16.5. The van der Waals surface area contributed by atoms with Crippen LogP contribution < -0.4 is 9.80 Å². The summed E-state index contributed by atoms with van der Waals surface area (Å²) in [5, 5.41) is 0. The zero-order valence-corrected chi connectivity index (χ0v) is 15.4. The van der Waals surface area contributed by atoms with Gasteiger partial charge in [0.25, 0.3) is 0 Å². The zero-order chi connectivity index (χ0) is 18.3. The van der Waals surface area contributed by atoms with Gasteiger partial charge in [-0.2, -0.15) is 0 Å². The number of benzene rings is 2. The Bertz CT molecular complexity index is 792. The molecule has 0 spiro atoms. The van der Waals surface area contributed by atoms with E-state index in [9.17, 15) is 0 Å². The molecule has 0 bridgehead atoms. The van der Waals surface area contributed by atoms with Gasteiger partial charge in [0.15, 0.2) is 0 Å². The molecule has 0 saturated heterocycles. The van der Waals surface area contributed by atoms with E-state index in [1.165, 1.54) is 22.5 Å². The fraction of sp³-hybridized carbons (Fsp3) is 0.167. The summed E-state index contributed by atoms with van der Waals surface area (Å²) in [4.78, 5) is 4.50. The highest BCUT2D eigenvalue weighted by Gasteiger charge is 2.12. The predicted molar refractivity (Wildman–Crippen MR) is 113 cm³/mol. The first kappa shape index (κ1) is 17.4. The molecule has 2 aliphatic rings. The van der Waals surface area contributed by atoms with E-state index in [0.717, 1.165) is 13.1 Å². The number of hydrogen-bond donors (Lipinski definition) is 0. The van der Waals surface area contributed by atoms with E-state index in [-0.39, 0.29) is 0 Å². The molecule has 3 heteroatoms. The average Bonchev–Trinajstić information content (AvgIpc) is 2.75. The van der Waals surface area contributed by atoms with Gasteiger partial charge in [-0.05, 0) is 47.6 Å². The minimum atomic E-state index is 0.653. The molecule has 0 aliphatic carbocycles. The van der Waals surface area contributed by atoms with Crippen LogP contribution in [-0.4, -0.2) is 26.3 Å². The number of allylic oxidation sites excluding steroid dienone is 4. The minimum absolute atomic E-state index is 0.653. The van der Waals surface area contributed by atoms with E-state index in [1.54, 1.807) is 0 Å². The normalized spacial score (nSPS) is 16.3. The van der Waals surface area contributed by atoms with Crippen LogP contribution in [0, 0.1) is 0 Å². The molecule has 2 aromatic carbocycles. The molecule has 27 heavy (non-hydrogen) atoms. The molecule has 4 rings (SSSR count). The molecule has 0 fully saturated rings. The molecule has 0 aromatic heterocycles. The van der Waals surface area contributed by atoms with Gasteiger partial charge in [0.1, 0.15) is 0 Å². The molecule has 136 valence electrons. The van der Waals surface area contributed by atoms with Gasteiger partial charge in [-0.3, -0.25) is 0 Å². The number of anilines is 2. The van der Waals surface area contributed by atoms with Crippen LogP contribution >= 0.6 is 0 Å². The third-order valence-electron chi connectivity index (χ3n) is 4.69. The SMILES string of the molecule is C1=CN(c2ccccc2)CC(COCC2=CC=CN(c3ccccc3)C2)=C1. The molecular formula is C24H24N2O. The summed E-state index contributed by atoms with van der Waals surface area (Å²) >= 11 is 0. The largest absolute Gasteiger partial charge is 0.373 e. The molecule has 3 nitrogen and oxygen atoms in total. The van der Waals surface area contributed by atoms with Crippen LogP contribution in [0.15, 0.2) is 109 Å². The average molecular weight is 356 g/mol. The smallest absolute Gasteiger partial charge is 0.0701 e. The van der Waals surface area contributed by atoms with Crippen molar-refractivity contribution >= 4 is 11.4 Å². The van der Waals surface area contributed by atoms with Crippen molar-refractivity contribution in [3.8, 4) is 0 Å². The van der Waals surface area contributed by atoms with Crippen molar-refractivity contribution in [1.82, 2.24) is 0 Å². The molecular weight excluding hydrogens is 332 g/mol. The molecule has 0 amide bonds. The Morgan fingerprint density at radius 2 is 1.07 bits per heavy atom. The highest BCUT2D eigenvalue weighted by molar-refractivity contribution is 5.53. The van der Waals surface area contributed by atoms with Crippen molar-refractivity contribution in [1.29, 1.82) is 0 Å². The van der Waals surface area contributed by atoms with Crippen LogP contribution in [0.25, 0.3) is 0 Å². The van der Waals surface area contributed by atoms with Crippen molar-refractivity contribution in [3.05, 3.63) is 109 Å². The first-order valence-corrected chi connectivity index (χ1v) is 9.32. The van der Waals surface area contributed by atoms with E-state index >= 15 is 0 Å². The molecule has 0 saturated carbocycles. The second kappa shape index (κ2) is 8.56. The Balaban J connectivity index is 1.28. The summed E-state index contributed by atoms with van der Waals surface area (Å²) in [6.07, 6.45) is 12.7. The maximum absolute atomic E-state index is 6.02. The Morgan fingerprint density at radius 1 is 0.630 bits per heavy atom. The van der Waals surface area contributed by atoms with Crippen LogP contribution in [0.4, 0.5) is 11.4 Å². The maximum atomic E-state index is 6.02. The number of hydrogen-bond acceptors (Lipinski definition) is 3. The van der Waals surface area contributed by atoms with Gasteiger partial charge in [-0.15, -0.1) is 0 Å². The van der Waals surface area contributed by atoms with Crippen molar-refractivity contribution < 1.29 is 4.74 Å². The highest BCUT2D eigenvalue weighted by Crippen LogP contribution is 2.20. The van der Waals surface area contributed by atoms with E-state index in [0.29, 0.717) is 13.2 Å². The molecule has 0 unspecified atom stereocenters. The van der Waals surface area contributed by atoms with Crippen molar-refractivity contribution in [2.24, 2.45) is 0 Å². The third kappa shape index (κ3) is 4.57. The fourth-order valence-corrected chi connectivity index (χ4v) is 3.31. The fourth-order valence-electron chi connectivity index (χ4n) is 3.31. The second-order valence-electron chi connectivity index (χ2n) is 6.75. The summed E-state index contributed by atoms with van der Waals surface area (Å²) < 4.78 is 6.02. The van der Waals surface area contributed by atoms with Gasteiger partial charge >= 0.3 is 0 Å². The van der Waals surface area contributed by atoms with Crippen molar-refractivity contribution in [3.63, 3.8) is 0 Å². The standard InChI is InChI=1S/C24H24N2O/c1-3-11-23(12-4-1)25-15-7-9-21(17-25)19-27-20-22-10-8-16-26(18-22)24-13-5-2-6-14-24/h1-16H,17-20H2. The van der Waals surface area contributed by atoms with Crippen molar-refractivity contribution in [2.45, 2.75) is 0 Å². The van der Waals surface area contributed by atoms with Crippen LogP contribution in [-0.2, 0) is 4.74 Å². The van der Waals surface area contributed by atoms with Gasteiger partial charge < -0.3 is 14.5 Å². The molecule has 0 radical (unpaired) electrons. The lowest BCUT2D eigenvalue weighted by Gasteiger charge is -2.26. The number of ether oxygens (including phenoxy) is 1. The van der Waals surface area contributed by atoms with Crippen LogP contribution in [0.1, 0.15) is 0 Å². The van der Waals surface area contributed by atoms with E-state index in [1.807, 2.05) is 12.1 Å². The lowest BCUT2D eigenvalue weighted by molar-refractivity contribution is 0.178. The monoisotopic (exact) mass is 356 g/mol. The van der Waals surface area contributed by atoms with Gasteiger partial charge in [0.2, 0.25) is 0 Å². The summed E-state index contributed by atoms with van der Waals surface area (Å²) in [5.74, 6) is 0. The zero-order valence-electron chi connectivity index (χ0n) is 15.4. The second-order valence-corrected chi connectivity index (χ2v) is 6.75. The summed E-state index contributed by atoms with van der Waals surface area (Å²) in [6.45, 7) is 3.05. The topological polar surface area (TPSA) is 15.7 Å². The van der Waals surface area contributed by atoms with Crippen LogP contribution in [0.2, 0.25) is 0 Å². The van der Waals surface area contributed by atoms with Gasteiger partial charge in [0.05, 0.1) is 13.2 Å². The molecule has 0 N–H and O–H groups in total. The summed E-state index contributed by atoms with van der Waals surface area (Å²) in [7, 11) is 0. The molecule has 0 atom stereocenters. The van der Waals surface area contributed by atoms with Gasteiger partial charge in [-0.1, -0.05) is 48.6 Å². The first-order chi connectivity index (χ1) is 13.4. The van der Waals surface area contributed by atoms with E-state index in [2.05, 4.69) is 95.0 Å². The molecule has 2 heterocycles. The Kier molecular flexibility index (Phi) is 5.51. The summed E-state index contributed by atoms with van der Waals surface area (Å²) in [5.41, 5.74) is 4.98. The lowest BCUT2D eigenvalue weighted by Crippen LogP contribution is -2.25. The predicted octanol–water partition coefficient (Wildman–Crippen LogP) is 4.92. The maximum Gasteiger partial charge on any atom is 0.0701 e. The quantitative estimate of drug-likeness (QED) is 0.730. The molecule has 2 aliphatic heterocycles. The first-order valence-electron chi connectivity index (χ1n) is 9.32. The molecule has 2 aromatic rings. The van der Waals surface area contributed by atoms with Gasteiger partial charge in [0, 0.05) is 36.9 Å². The van der Waals surface area contributed by atoms with E-state index < -0.39 is 0 Å². The Hall–Kier alpha value is -3.04. The number of rotatable bonds is 6. The van der Waals surface area contributed by atoms with Crippen LogP contribution in [0.5, 0.6) is 0 Å². The lowest BCUT2D eigenvalue weighted by atomic mass is 10.1. The van der Waals surface area contributed by atoms with Gasteiger partial charge in [-0.25, -0.2) is 0 Å². The third-order valence-corrected chi connectivity index (χ3v) is 4.69. The minimum Gasteiger partial charge on any atom is -0.373 e. The Labute approximate surface area is 161 Å². The number of nitrogens with zero attached hydrogens (tertiary/aromatic N) is 2. The van der Waals surface area contributed by atoms with Crippen molar-refractivity contribution in [2.75, 3.05) is 36.1 Å².